The Morgan fingerprint density at radius 3 is 2.62 bits per heavy atom. The van der Waals surface area contributed by atoms with Gasteiger partial charge in [-0.1, -0.05) is 29.8 Å². The van der Waals surface area contributed by atoms with Gasteiger partial charge in [0.25, 0.3) is 5.56 Å². The summed E-state index contributed by atoms with van der Waals surface area (Å²) in [7, 11) is 0. The molecular formula is C19H17N3O3S. The average Bonchev–Trinajstić information content (AvgIpc) is 2.95. The van der Waals surface area contributed by atoms with Crippen LogP contribution in [0, 0.1) is 25.2 Å². The minimum Gasteiger partial charge on any atom is -0.477 e. The minimum atomic E-state index is -1.06. The standard InChI is InChI=1S/C19H17N3O3S/c1-11-5-7-13(8-6-11)16-21-17-14(12(2)15(26-17)19(24)25)18(23)22(16)10-4-3-9-20/h5-8H,3-4,10H2,1-2H3,(H,24,25). The Morgan fingerprint density at radius 1 is 1.31 bits per heavy atom. The van der Waals surface area contributed by atoms with Crippen LogP contribution in [0.3, 0.4) is 0 Å². The Balaban J connectivity index is 2.28. The number of rotatable bonds is 5. The van der Waals surface area contributed by atoms with Gasteiger partial charge < -0.3 is 5.11 Å². The first-order valence-electron chi connectivity index (χ1n) is 8.15. The number of unbranched alkanes of at least 4 members (excludes halogenated alkanes) is 1. The maximum absolute atomic E-state index is 13.1. The average molecular weight is 367 g/mol. The third-order valence-corrected chi connectivity index (χ3v) is 5.40. The highest BCUT2D eigenvalue weighted by Gasteiger charge is 2.21. The second-order valence-electron chi connectivity index (χ2n) is 6.06. The third kappa shape index (κ3) is 3.11. The normalized spacial score (nSPS) is 10.8. The van der Waals surface area contributed by atoms with Gasteiger partial charge in [-0.2, -0.15) is 5.26 Å². The fraction of sp³-hybridized carbons (Fsp3) is 0.263. The van der Waals surface area contributed by atoms with Crippen LogP contribution >= 0.6 is 11.3 Å². The molecule has 2 heterocycles. The van der Waals surface area contributed by atoms with Gasteiger partial charge in [0, 0.05) is 18.5 Å². The Kier molecular flexibility index (Phi) is 4.87. The summed E-state index contributed by atoms with van der Waals surface area (Å²) in [6.07, 6.45) is 0.859. The van der Waals surface area contributed by atoms with Crippen molar-refractivity contribution in [1.82, 2.24) is 9.55 Å². The zero-order chi connectivity index (χ0) is 18.8. The number of fused-ring (bicyclic) bond motifs is 1. The molecule has 26 heavy (non-hydrogen) atoms. The highest BCUT2D eigenvalue weighted by Crippen LogP contribution is 2.29. The number of carboxylic acid groups (broad SMARTS) is 1. The SMILES string of the molecule is Cc1ccc(-c2nc3sc(C(=O)O)c(C)c3c(=O)n2CCCC#N)cc1. The Labute approximate surface area is 154 Å². The lowest BCUT2D eigenvalue weighted by atomic mass is 10.1. The fourth-order valence-electron chi connectivity index (χ4n) is 2.87. The minimum absolute atomic E-state index is 0.134. The Morgan fingerprint density at radius 2 is 2.00 bits per heavy atom. The van der Waals surface area contributed by atoms with Crippen molar-refractivity contribution in [2.45, 2.75) is 33.2 Å². The number of aryl methyl sites for hydroxylation is 2. The molecule has 0 aliphatic heterocycles. The maximum Gasteiger partial charge on any atom is 0.346 e. The second kappa shape index (κ2) is 7.10. The van der Waals surface area contributed by atoms with E-state index in [1.165, 1.54) is 0 Å². The third-order valence-electron chi connectivity index (χ3n) is 4.22. The molecule has 132 valence electrons. The number of nitrogens with zero attached hydrogens (tertiary/aromatic N) is 3. The maximum atomic E-state index is 13.1. The monoisotopic (exact) mass is 367 g/mol. The van der Waals surface area contributed by atoms with Crippen LogP contribution in [0.4, 0.5) is 0 Å². The Hall–Kier alpha value is -2.98. The van der Waals surface area contributed by atoms with E-state index in [-0.39, 0.29) is 10.4 Å². The molecule has 0 aliphatic rings. The molecule has 2 aromatic heterocycles. The number of hydrogen-bond acceptors (Lipinski definition) is 5. The van der Waals surface area contributed by atoms with E-state index >= 15 is 0 Å². The molecule has 0 saturated heterocycles. The van der Waals surface area contributed by atoms with E-state index in [2.05, 4.69) is 11.1 Å². The van der Waals surface area contributed by atoms with Crippen LogP contribution in [-0.2, 0) is 6.54 Å². The molecule has 6 nitrogen and oxygen atoms in total. The summed E-state index contributed by atoms with van der Waals surface area (Å²) >= 11 is 1.02. The molecular weight excluding hydrogens is 350 g/mol. The van der Waals surface area contributed by atoms with Crippen molar-refractivity contribution in [3.63, 3.8) is 0 Å². The van der Waals surface area contributed by atoms with Crippen molar-refractivity contribution in [1.29, 1.82) is 5.26 Å². The Bertz CT molecular complexity index is 1090. The number of hydrogen-bond donors (Lipinski definition) is 1. The summed E-state index contributed by atoms with van der Waals surface area (Å²) in [6.45, 7) is 3.97. The van der Waals surface area contributed by atoms with E-state index in [4.69, 9.17) is 5.26 Å². The number of aromatic carboxylic acids is 1. The molecule has 0 atom stereocenters. The van der Waals surface area contributed by atoms with E-state index in [1.807, 2.05) is 31.2 Å². The molecule has 0 unspecified atom stereocenters. The largest absolute Gasteiger partial charge is 0.477 e. The number of nitriles is 1. The molecule has 1 aromatic carbocycles. The summed E-state index contributed by atoms with van der Waals surface area (Å²) in [5, 5.41) is 18.5. The van der Waals surface area contributed by atoms with Crippen LogP contribution in [0.5, 0.6) is 0 Å². The number of thiophene rings is 1. The number of carboxylic acids is 1. The summed E-state index contributed by atoms with van der Waals surface area (Å²) in [4.78, 5) is 29.7. The molecule has 3 rings (SSSR count). The van der Waals surface area contributed by atoms with Gasteiger partial charge in [0.05, 0.1) is 11.5 Å². The molecule has 0 bridgehead atoms. The lowest BCUT2D eigenvalue weighted by molar-refractivity contribution is 0.0701. The van der Waals surface area contributed by atoms with Crippen molar-refractivity contribution >= 4 is 27.5 Å². The molecule has 0 fully saturated rings. The molecule has 0 saturated carbocycles. The van der Waals surface area contributed by atoms with Gasteiger partial charge >= 0.3 is 5.97 Å². The zero-order valence-corrected chi connectivity index (χ0v) is 15.3. The van der Waals surface area contributed by atoms with E-state index in [1.54, 1.807) is 11.5 Å². The van der Waals surface area contributed by atoms with E-state index in [9.17, 15) is 14.7 Å². The van der Waals surface area contributed by atoms with Crippen LogP contribution in [0.25, 0.3) is 21.6 Å². The van der Waals surface area contributed by atoms with E-state index in [0.717, 1.165) is 22.5 Å². The predicted octanol–water partition coefficient (Wildman–Crippen LogP) is 3.74. The van der Waals surface area contributed by atoms with Crippen molar-refractivity contribution < 1.29 is 9.90 Å². The molecule has 0 spiro atoms. The highest BCUT2D eigenvalue weighted by molar-refractivity contribution is 7.20. The topological polar surface area (TPSA) is 96.0 Å². The van der Waals surface area contributed by atoms with Gasteiger partial charge in [0.15, 0.2) is 0 Å². The van der Waals surface area contributed by atoms with Crippen LogP contribution in [-0.4, -0.2) is 20.6 Å². The summed E-state index contributed by atoms with van der Waals surface area (Å²) in [5.41, 5.74) is 2.06. The lowest BCUT2D eigenvalue weighted by Crippen LogP contribution is -2.23. The number of benzene rings is 1. The van der Waals surface area contributed by atoms with Crippen molar-refractivity contribution in [2.24, 2.45) is 0 Å². The lowest BCUT2D eigenvalue weighted by Gasteiger charge is -2.12. The van der Waals surface area contributed by atoms with E-state index in [0.29, 0.717) is 41.0 Å². The first-order chi connectivity index (χ1) is 12.4. The molecule has 1 N–H and O–H groups in total. The summed E-state index contributed by atoms with van der Waals surface area (Å²) in [5.74, 6) is -0.559. The second-order valence-corrected chi connectivity index (χ2v) is 7.06. The van der Waals surface area contributed by atoms with Gasteiger partial charge in [0.2, 0.25) is 0 Å². The summed E-state index contributed by atoms with van der Waals surface area (Å²) in [6, 6.07) is 9.74. The van der Waals surface area contributed by atoms with Gasteiger partial charge in [0.1, 0.15) is 15.5 Å². The van der Waals surface area contributed by atoms with Gasteiger partial charge in [-0.3, -0.25) is 9.36 Å². The first kappa shape index (κ1) is 17.8. The van der Waals surface area contributed by atoms with E-state index < -0.39 is 5.97 Å². The quantitative estimate of drug-likeness (QED) is 0.693. The van der Waals surface area contributed by atoms with Crippen LogP contribution < -0.4 is 5.56 Å². The van der Waals surface area contributed by atoms with Crippen molar-refractivity contribution in [3.8, 4) is 17.5 Å². The van der Waals surface area contributed by atoms with Crippen molar-refractivity contribution in [3.05, 3.63) is 50.6 Å². The van der Waals surface area contributed by atoms with Crippen LogP contribution in [0.1, 0.15) is 33.6 Å². The molecule has 0 aliphatic carbocycles. The first-order valence-corrected chi connectivity index (χ1v) is 8.97. The fourth-order valence-corrected chi connectivity index (χ4v) is 3.88. The predicted molar refractivity (Wildman–Crippen MR) is 101 cm³/mol. The van der Waals surface area contributed by atoms with Crippen LogP contribution in [0.2, 0.25) is 0 Å². The molecule has 3 aromatic rings. The van der Waals surface area contributed by atoms with Crippen molar-refractivity contribution in [2.75, 3.05) is 0 Å². The van der Waals surface area contributed by atoms with Gasteiger partial charge in [-0.05, 0) is 25.8 Å². The number of aromatic nitrogens is 2. The number of carbonyl (C=O) groups is 1. The zero-order valence-electron chi connectivity index (χ0n) is 14.4. The highest BCUT2D eigenvalue weighted by atomic mass is 32.1. The van der Waals surface area contributed by atoms with Crippen LogP contribution in [0.15, 0.2) is 29.1 Å². The molecule has 0 radical (unpaired) electrons. The molecule has 7 heteroatoms. The molecule has 0 amide bonds. The smallest absolute Gasteiger partial charge is 0.346 e. The summed E-state index contributed by atoms with van der Waals surface area (Å²) < 4.78 is 1.55. The van der Waals surface area contributed by atoms with Gasteiger partial charge in [-0.15, -0.1) is 11.3 Å². The van der Waals surface area contributed by atoms with Gasteiger partial charge in [-0.25, -0.2) is 9.78 Å².